The molecular formula is C7H12N4O. The fraction of sp³-hybridized carbons (Fsp3) is 0.714. The Bertz CT molecular complexity index is 272. The summed E-state index contributed by atoms with van der Waals surface area (Å²) in [4.78, 5) is 4.00. The van der Waals surface area contributed by atoms with Gasteiger partial charge in [0.15, 0.2) is 0 Å². The topological polar surface area (TPSA) is 77.0 Å². The summed E-state index contributed by atoms with van der Waals surface area (Å²) < 4.78 is 4.99. The number of aromatic nitrogens is 2. The zero-order valence-corrected chi connectivity index (χ0v) is 6.95. The highest BCUT2D eigenvalue weighted by molar-refractivity contribution is 5.13. The molecule has 0 saturated carbocycles. The van der Waals surface area contributed by atoms with Crippen molar-refractivity contribution in [1.82, 2.24) is 15.5 Å². The molecule has 5 heteroatoms. The molecule has 0 unspecified atom stereocenters. The Morgan fingerprint density at radius 3 is 2.92 bits per heavy atom. The number of nitrogen functional groups attached to an aromatic ring is 1. The zero-order chi connectivity index (χ0) is 8.55. The first kappa shape index (κ1) is 7.54. The summed E-state index contributed by atoms with van der Waals surface area (Å²) in [7, 11) is 0. The molecule has 2 atom stereocenters. The van der Waals surface area contributed by atoms with Crippen molar-refractivity contribution < 1.29 is 4.52 Å². The lowest BCUT2D eigenvalue weighted by molar-refractivity contribution is 0.340. The van der Waals surface area contributed by atoms with E-state index in [2.05, 4.69) is 22.4 Å². The normalized spacial score (nSPS) is 29.4. The molecule has 0 aromatic carbocycles. The highest BCUT2D eigenvalue weighted by Gasteiger charge is 2.29. The standard InChI is InChI=1S/C7H12N4O/c1-4-2-9-3-5(4)6-10-7(8)11-12-6/h4-5,9H,2-3H2,1H3,(H2,8,11)/t4-,5-/m1/s1. The van der Waals surface area contributed by atoms with E-state index in [-0.39, 0.29) is 5.95 Å². The van der Waals surface area contributed by atoms with Crippen molar-refractivity contribution in [2.45, 2.75) is 12.8 Å². The van der Waals surface area contributed by atoms with Gasteiger partial charge in [0.25, 0.3) is 5.95 Å². The van der Waals surface area contributed by atoms with Crippen molar-refractivity contribution in [2.24, 2.45) is 5.92 Å². The average Bonchev–Trinajstić information content (AvgIpc) is 2.58. The van der Waals surface area contributed by atoms with E-state index in [1.165, 1.54) is 0 Å². The second kappa shape index (κ2) is 2.75. The predicted octanol–water partition coefficient (Wildman–Crippen LogP) is -0.0253. The minimum absolute atomic E-state index is 0.226. The van der Waals surface area contributed by atoms with E-state index in [1.54, 1.807) is 0 Å². The molecule has 0 spiro atoms. The van der Waals surface area contributed by atoms with Gasteiger partial charge in [0.2, 0.25) is 5.89 Å². The van der Waals surface area contributed by atoms with Gasteiger partial charge in [-0.15, -0.1) is 0 Å². The molecule has 1 aromatic heterocycles. The Morgan fingerprint density at radius 1 is 1.58 bits per heavy atom. The molecule has 0 aliphatic carbocycles. The van der Waals surface area contributed by atoms with Gasteiger partial charge >= 0.3 is 0 Å². The van der Waals surface area contributed by atoms with Crippen LogP contribution in [0.5, 0.6) is 0 Å². The third kappa shape index (κ3) is 1.16. The molecule has 1 saturated heterocycles. The van der Waals surface area contributed by atoms with Gasteiger partial charge in [-0.25, -0.2) is 0 Å². The lowest BCUT2D eigenvalue weighted by atomic mass is 9.98. The summed E-state index contributed by atoms with van der Waals surface area (Å²) >= 11 is 0. The number of rotatable bonds is 1. The quantitative estimate of drug-likeness (QED) is 0.616. The molecule has 2 heterocycles. The molecule has 1 fully saturated rings. The number of anilines is 1. The van der Waals surface area contributed by atoms with Gasteiger partial charge in [0.1, 0.15) is 0 Å². The van der Waals surface area contributed by atoms with Crippen LogP contribution in [0.4, 0.5) is 5.95 Å². The Balaban J connectivity index is 2.19. The molecule has 2 rings (SSSR count). The lowest BCUT2D eigenvalue weighted by Crippen LogP contribution is -2.08. The molecule has 0 bridgehead atoms. The molecule has 1 aliphatic rings. The van der Waals surface area contributed by atoms with E-state index in [1.807, 2.05) is 0 Å². The summed E-state index contributed by atoms with van der Waals surface area (Å²) in [5.74, 6) is 1.76. The minimum atomic E-state index is 0.226. The largest absolute Gasteiger partial charge is 0.365 e. The maximum Gasteiger partial charge on any atom is 0.260 e. The predicted molar refractivity (Wildman–Crippen MR) is 43.5 cm³/mol. The van der Waals surface area contributed by atoms with Crippen molar-refractivity contribution in [2.75, 3.05) is 18.8 Å². The van der Waals surface area contributed by atoms with Crippen LogP contribution in [0.3, 0.4) is 0 Å². The van der Waals surface area contributed by atoms with Gasteiger partial charge in [0.05, 0.1) is 5.92 Å². The number of hydrogen-bond donors (Lipinski definition) is 2. The Hall–Kier alpha value is -1.10. The van der Waals surface area contributed by atoms with E-state index < -0.39 is 0 Å². The first-order valence-electron chi connectivity index (χ1n) is 4.07. The average molecular weight is 168 g/mol. The van der Waals surface area contributed by atoms with E-state index in [0.29, 0.717) is 17.7 Å². The molecule has 1 aliphatic heterocycles. The van der Waals surface area contributed by atoms with Crippen LogP contribution in [-0.2, 0) is 0 Å². The van der Waals surface area contributed by atoms with Crippen molar-refractivity contribution in [3.8, 4) is 0 Å². The first-order chi connectivity index (χ1) is 5.77. The second-order valence-electron chi connectivity index (χ2n) is 3.23. The SMILES string of the molecule is C[C@@H]1CNC[C@H]1c1nc(N)no1. The first-order valence-corrected chi connectivity index (χ1v) is 4.07. The monoisotopic (exact) mass is 168 g/mol. The van der Waals surface area contributed by atoms with Gasteiger partial charge in [0, 0.05) is 6.54 Å². The van der Waals surface area contributed by atoms with Crippen molar-refractivity contribution in [3.63, 3.8) is 0 Å². The van der Waals surface area contributed by atoms with Gasteiger partial charge in [-0.1, -0.05) is 6.92 Å². The van der Waals surface area contributed by atoms with Crippen LogP contribution >= 0.6 is 0 Å². The van der Waals surface area contributed by atoms with E-state index in [4.69, 9.17) is 10.3 Å². The van der Waals surface area contributed by atoms with Crippen LogP contribution in [0.2, 0.25) is 0 Å². The smallest absolute Gasteiger partial charge is 0.260 e. The Kier molecular flexibility index (Phi) is 1.73. The summed E-state index contributed by atoms with van der Waals surface area (Å²) in [6, 6.07) is 0. The highest BCUT2D eigenvalue weighted by atomic mass is 16.5. The highest BCUT2D eigenvalue weighted by Crippen LogP contribution is 2.26. The van der Waals surface area contributed by atoms with Crippen LogP contribution < -0.4 is 11.1 Å². The van der Waals surface area contributed by atoms with Crippen LogP contribution in [-0.4, -0.2) is 23.2 Å². The number of nitrogens with zero attached hydrogens (tertiary/aromatic N) is 2. The Labute approximate surface area is 70.3 Å². The fourth-order valence-corrected chi connectivity index (χ4v) is 1.54. The van der Waals surface area contributed by atoms with Gasteiger partial charge in [-0.05, 0) is 17.6 Å². The summed E-state index contributed by atoms with van der Waals surface area (Å²) in [6.07, 6.45) is 0. The van der Waals surface area contributed by atoms with E-state index >= 15 is 0 Å². The minimum Gasteiger partial charge on any atom is -0.365 e. The fourth-order valence-electron chi connectivity index (χ4n) is 1.54. The summed E-state index contributed by atoms with van der Waals surface area (Å²) in [5.41, 5.74) is 5.36. The zero-order valence-electron chi connectivity index (χ0n) is 6.95. The second-order valence-corrected chi connectivity index (χ2v) is 3.23. The van der Waals surface area contributed by atoms with Gasteiger partial charge < -0.3 is 15.6 Å². The Morgan fingerprint density at radius 2 is 2.42 bits per heavy atom. The third-order valence-corrected chi connectivity index (χ3v) is 2.29. The third-order valence-electron chi connectivity index (χ3n) is 2.29. The molecule has 66 valence electrons. The number of hydrogen-bond acceptors (Lipinski definition) is 5. The number of nitrogens with one attached hydrogen (secondary N) is 1. The van der Waals surface area contributed by atoms with Crippen molar-refractivity contribution in [1.29, 1.82) is 0 Å². The molecule has 0 radical (unpaired) electrons. The van der Waals surface area contributed by atoms with Gasteiger partial charge in [-0.3, -0.25) is 0 Å². The summed E-state index contributed by atoms with van der Waals surface area (Å²) in [6.45, 7) is 4.07. The van der Waals surface area contributed by atoms with Crippen LogP contribution in [0.15, 0.2) is 4.52 Å². The molecule has 0 amide bonds. The molecular weight excluding hydrogens is 156 g/mol. The maximum atomic E-state index is 5.36. The van der Waals surface area contributed by atoms with E-state index in [9.17, 15) is 0 Å². The van der Waals surface area contributed by atoms with Crippen LogP contribution in [0.1, 0.15) is 18.7 Å². The molecule has 3 N–H and O–H groups in total. The van der Waals surface area contributed by atoms with Gasteiger partial charge in [-0.2, -0.15) is 4.98 Å². The van der Waals surface area contributed by atoms with Crippen molar-refractivity contribution in [3.05, 3.63) is 5.89 Å². The molecule has 12 heavy (non-hydrogen) atoms. The maximum absolute atomic E-state index is 5.36. The molecule has 5 nitrogen and oxygen atoms in total. The summed E-state index contributed by atoms with van der Waals surface area (Å²) in [5, 5.41) is 6.82. The van der Waals surface area contributed by atoms with Crippen LogP contribution in [0.25, 0.3) is 0 Å². The van der Waals surface area contributed by atoms with Crippen LogP contribution in [0, 0.1) is 5.92 Å². The van der Waals surface area contributed by atoms with Crippen molar-refractivity contribution >= 4 is 5.95 Å². The van der Waals surface area contributed by atoms with E-state index in [0.717, 1.165) is 13.1 Å². The lowest BCUT2D eigenvalue weighted by Gasteiger charge is -2.06. The molecule has 1 aromatic rings. The number of nitrogens with two attached hydrogens (primary N) is 1.